The summed E-state index contributed by atoms with van der Waals surface area (Å²) in [6.07, 6.45) is 4.38. The third-order valence-corrected chi connectivity index (χ3v) is 4.60. The van der Waals surface area contributed by atoms with Crippen LogP contribution < -0.4 is 20.1 Å². The summed E-state index contributed by atoms with van der Waals surface area (Å²) in [5.41, 5.74) is 3.26. The number of nitrogens with one attached hydrogen (secondary N) is 2. The zero-order chi connectivity index (χ0) is 20.5. The van der Waals surface area contributed by atoms with Gasteiger partial charge in [0.25, 0.3) is 0 Å². The van der Waals surface area contributed by atoms with E-state index in [1.54, 1.807) is 20.4 Å². The van der Waals surface area contributed by atoms with Crippen LogP contribution in [0.5, 0.6) is 11.5 Å². The highest BCUT2D eigenvalue weighted by Crippen LogP contribution is 2.27. The third kappa shape index (κ3) is 5.75. The molecule has 0 bridgehead atoms. The highest BCUT2D eigenvalue weighted by atomic mass is 16.5. The van der Waals surface area contributed by atoms with Crippen molar-refractivity contribution in [1.29, 1.82) is 0 Å². The first-order valence-corrected chi connectivity index (χ1v) is 9.46. The Morgan fingerprint density at radius 2 is 1.79 bits per heavy atom. The monoisotopic (exact) mass is 394 g/mol. The van der Waals surface area contributed by atoms with Crippen LogP contribution in [0.3, 0.4) is 0 Å². The predicted molar refractivity (Wildman–Crippen MR) is 111 cm³/mol. The lowest BCUT2D eigenvalue weighted by Gasteiger charge is -2.12. The molecule has 0 spiro atoms. The van der Waals surface area contributed by atoms with Gasteiger partial charge >= 0.3 is 6.03 Å². The molecule has 0 fully saturated rings. The number of urea groups is 1. The van der Waals surface area contributed by atoms with E-state index in [-0.39, 0.29) is 6.03 Å². The van der Waals surface area contributed by atoms with Crippen LogP contribution in [0.4, 0.5) is 4.79 Å². The van der Waals surface area contributed by atoms with Gasteiger partial charge in [-0.2, -0.15) is 5.10 Å². The third-order valence-electron chi connectivity index (χ3n) is 4.60. The topological polar surface area (TPSA) is 77.4 Å². The zero-order valence-corrected chi connectivity index (χ0v) is 16.7. The highest BCUT2D eigenvalue weighted by molar-refractivity contribution is 5.73. The van der Waals surface area contributed by atoms with Gasteiger partial charge in [-0.1, -0.05) is 30.3 Å². The van der Waals surface area contributed by atoms with Crippen molar-refractivity contribution in [3.8, 4) is 11.5 Å². The summed E-state index contributed by atoms with van der Waals surface area (Å²) in [6, 6.07) is 15.5. The Hall–Kier alpha value is -3.48. The van der Waals surface area contributed by atoms with E-state index in [0.717, 1.165) is 16.7 Å². The molecule has 7 nitrogen and oxygen atoms in total. The van der Waals surface area contributed by atoms with Crippen LogP contribution in [0, 0.1) is 0 Å². The number of nitrogens with zero attached hydrogens (tertiary/aromatic N) is 2. The molecular weight excluding hydrogens is 368 g/mol. The van der Waals surface area contributed by atoms with Crippen molar-refractivity contribution in [2.45, 2.75) is 19.5 Å². The average Bonchev–Trinajstić information content (AvgIpc) is 3.26. The Morgan fingerprint density at radius 3 is 2.52 bits per heavy atom. The van der Waals surface area contributed by atoms with Gasteiger partial charge in [-0.05, 0) is 41.3 Å². The molecule has 1 heterocycles. The van der Waals surface area contributed by atoms with E-state index in [0.29, 0.717) is 37.6 Å². The number of carbonyl (C=O) groups excluding carboxylic acids is 1. The van der Waals surface area contributed by atoms with E-state index in [9.17, 15) is 4.79 Å². The van der Waals surface area contributed by atoms with Gasteiger partial charge in [-0.25, -0.2) is 4.79 Å². The van der Waals surface area contributed by atoms with Gasteiger partial charge in [0.1, 0.15) is 0 Å². The molecule has 2 aromatic carbocycles. The largest absolute Gasteiger partial charge is 0.493 e. The van der Waals surface area contributed by atoms with Gasteiger partial charge < -0.3 is 20.1 Å². The van der Waals surface area contributed by atoms with Crippen molar-refractivity contribution >= 4 is 6.03 Å². The number of ether oxygens (including phenoxy) is 2. The van der Waals surface area contributed by atoms with Crippen molar-refractivity contribution in [3.63, 3.8) is 0 Å². The molecule has 2 amide bonds. The van der Waals surface area contributed by atoms with Crippen LogP contribution in [-0.2, 0) is 19.5 Å². The van der Waals surface area contributed by atoms with Crippen LogP contribution in [-0.4, -0.2) is 36.6 Å². The molecule has 7 heteroatoms. The molecular formula is C22H26N4O3. The first-order chi connectivity index (χ1) is 14.2. The van der Waals surface area contributed by atoms with Gasteiger partial charge in [0.2, 0.25) is 0 Å². The Labute approximate surface area is 170 Å². The summed E-state index contributed by atoms with van der Waals surface area (Å²) >= 11 is 0. The van der Waals surface area contributed by atoms with Gasteiger partial charge in [-0.15, -0.1) is 0 Å². The minimum Gasteiger partial charge on any atom is -0.493 e. The van der Waals surface area contributed by atoms with Crippen LogP contribution in [0.1, 0.15) is 16.7 Å². The molecule has 3 aromatic rings. The fraction of sp³-hybridized carbons (Fsp3) is 0.273. The molecule has 1 aromatic heterocycles. The minimum atomic E-state index is -0.195. The van der Waals surface area contributed by atoms with E-state index < -0.39 is 0 Å². The molecule has 2 N–H and O–H groups in total. The maximum Gasteiger partial charge on any atom is 0.315 e. The molecule has 0 aliphatic heterocycles. The Balaban J connectivity index is 1.47. The normalized spacial score (nSPS) is 10.4. The Kier molecular flexibility index (Phi) is 7.10. The van der Waals surface area contributed by atoms with Gasteiger partial charge in [0.05, 0.1) is 20.8 Å². The van der Waals surface area contributed by atoms with E-state index in [1.807, 2.05) is 59.4 Å². The maximum absolute atomic E-state index is 12.2. The lowest BCUT2D eigenvalue weighted by atomic mass is 10.1. The summed E-state index contributed by atoms with van der Waals surface area (Å²) in [7, 11) is 3.22. The fourth-order valence-corrected chi connectivity index (χ4v) is 3.05. The number of aromatic nitrogens is 2. The number of benzene rings is 2. The Bertz CT molecular complexity index is 926. The van der Waals surface area contributed by atoms with Crippen LogP contribution >= 0.6 is 0 Å². The molecule has 29 heavy (non-hydrogen) atoms. The van der Waals surface area contributed by atoms with Crippen molar-refractivity contribution < 1.29 is 14.3 Å². The highest BCUT2D eigenvalue weighted by Gasteiger charge is 2.07. The van der Waals surface area contributed by atoms with Crippen LogP contribution in [0.15, 0.2) is 60.9 Å². The summed E-state index contributed by atoms with van der Waals surface area (Å²) in [4.78, 5) is 12.2. The quantitative estimate of drug-likeness (QED) is 0.585. The number of methoxy groups -OCH3 is 2. The van der Waals surface area contributed by atoms with Gasteiger partial charge in [0.15, 0.2) is 11.5 Å². The summed E-state index contributed by atoms with van der Waals surface area (Å²) < 4.78 is 12.4. The second kappa shape index (κ2) is 10.2. The second-order valence-electron chi connectivity index (χ2n) is 6.52. The minimum absolute atomic E-state index is 0.195. The standard InChI is InChI=1S/C22H26N4O3/c1-28-20-9-8-17(14-21(20)29-2)10-12-23-22(27)24-15-18-6-3-4-7-19(18)16-26-13-5-11-25-26/h3-9,11,13-14H,10,12,15-16H2,1-2H3,(H2,23,24,27). The SMILES string of the molecule is COc1ccc(CCNC(=O)NCc2ccccc2Cn2cccn2)cc1OC. The van der Waals surface area contributed by atoms with E-state index >= 15 is 0 Å². The number of hydrogen-bond acceptors (Lipinski definition) is 4. The van der Waals surface area contributed by atoms with E-state index in [1.165, 1.54) is 0 Å². The van der Waals surface area contributed by atoms with E-state index in [2.05, 4.69) is 15.7 Å². The van der Waals surface area contributed by atoms with Crippen LogP contribution in [0.25, 0.3) is 0 Å². The van der Waals surface area contributed by atoms with Crippen molar-refractivity contribution in [2.75, 3.05) is 20.8 Å². The van der Waals surface area contributed by atoms with Crippen molar-refractivity contribution in [2.24, 2.45) is 0 Å². The lowest BCUT2D eigenvalue weighted by Crippen LogP contribution is -2.36. The van der Waals surface area contributed by atoms with Gasteiger partial charge in [0, 0.05) is 25.5 Å². The average molecular weight is 394 g/mol. The summed E-state index contributed by atoms with van der Waals surface area (Å²) in [5.74, 6) is 1.37. The smallest absolute Gasteiger partial charge is 0.315 e. The predicted octanol–water partition coefficient (Wildman–Crippen LogP) is 2.99. The molecule has 152 valence electrons. The molecule has 0 radical (unpaired) electrons. The molecule has 0 saturated heterocycles. The zero-order valence-electron chi connectivity index (χ0n) is 16.7. The fourth-order valence-electron chi connectivity index (χ4n) is 3.05. The number of hydrogen-bond donors (Lipinski definition) is 2. The van der Waals surface area contributed by atoms with Crippen LogP contribution in [0.2, 0.25) is 0 Å². The van der Waals surface area contributed by atoms with Crippen molar-refractivity contribution in [1.82, 2.24) is 20.4 Å². The molecule has 0 atom stereocenters. The molecule has 0 saturated carbocycles. The van der Waals surface area contributed by atoms with Crippen molar-refractivity contribution in [3.05, 3.63) is 77.6 Å². The first-order valence-electron chi connectivity index (χ1n) is 9.46. The van der Waals surface area contributed by atoms with Gasteiger partial charge in [-0.3, -0.25) is 4.68 Å². The number of amides is 2. The van der Waals surface area contributed by atoms with E-state index in [4.69, 9.17) is 9.47 Å². The maximum atomic E-state index is 12.2. The summed E-state index contributed by atoms with van der Waals surface area (Å²) in [6.45, 7) is 1.65. The number of rotatable bonds is 9. The number of carbonyl (C=O) groups is 1. The lowest BCUT2D eigenvalue weighted by molar-refractivity contribution is 0.240. The molecule has 0 unspecified atom stereocenters. The molecule has 3 rings (SSSR count). The first kappa shape index (κ1) is 20.3. The molecule has 0 aliphatic carbocycles. The molecule has 0 aliphatic rings. The second-order valence-corrected chi connectivity index (χ2v) is 6.52. The summed E-state index contributed by atoms with van der Waals surface area (Å²) in [5, 5.41) is 10.1. The Morgan fingerprint density at radius 1 is 1.00 bits per heavy atom.